The molecule has 3 heterocycles. The Morgan fingerprint density at radius 2 is 1.71 bits per heavy atom. The van der Waals surface area contributed by atoms with E-state index in [1.54, 1.807) is 12.1 Å². The maximum Gasteiger partial charge on any atom is 0.243 e. The second kappa shape index (κ2) is 8.47. The molecule has 31 heavy (non-hydrogen) atoms. The number of ether oxygens (including phenoxy) is 1. The van der Waals surface area contributed by atoms with E-state index in [0.717, 1.165) is 31.9 Å². The van der Waals surface area contributed by atoms with Crippen molar-refractivity contribution in [1.82, 2.24) is 21.2 Å². The van der Waals surface area contributed by atoms with E-state index >= 15 is 0 Å². The van der Waals surface area contributed by atoms with Crippen LogP contribution < -0.4 is 30.9 Å². The Balaban J connectivity index is 1.34. The first kappa shape index (κ1) is 20.3. The predicted molar refractivity (Wildman–Crippen MR) is 121 cm³/mol. The Bertz CT molecular complexity index is 928. The van der Waals surface area contributed by atoms with Crippen LogP contribution in [-0.2, 0) is 4.79 Å². The highest BCUT2D eigenvalue weighted by Gasteiger charge is 2.44. The smallest absolute Gasteiger partial charge is 0.243 e. The van der Waals surface area contributed by atoms with Crippen LogP contribution >= 0.6 is 0 Å². The van der Waals surface area contributed by atoms with Gasteiger partial charge < -0.3 is 14.5 Å². The van der Waals surface area contributed by atoms with Gasteiger partial charge in [0.1, 0.15) is 11.4 Å². The average molecular weight is 423 g/mol. The molecule has 3 saturated heterocycles. The lowest BCUT2D eigenvalue weighted by atomic mass is 9.93. The van der Waals surface area contributed by atoms with Crippen LogP contribution in [0.3, 0.4) is 0 Å². The zero-order valence-electron chi connectivity index (χ0n) is 18.0. The van der Waals surface area contributed by atoms with Crippen molar-refractivity contribution in [2.45, 2.75) is 24.5 Å². The molecule has 3 aliphatic heterocycles. The molecule has 0 aliphatic carbocycles. The Morgan fingerprint density at radius 1 is 0.968 bits per heavy atom. The molecule has 0 radical (unpaired) electrons. The minimum atomic E-state index is 0.0196. The molecule has 0 spiro atoms. The minimum Gasteiger partial charge on any atom is -0.495 e. The number of hydrogen-bond acceptors (Lipinski definition) is 7. The number of methoxy groups -OCH3 is 1. The normalized spacial score (nSPS) is 26.8. The monoisotopic (exact) mass is 422 g/mol. The Labute approximate surface area is 183 Å². The molecule has 8 nitrogen and oxygen atoms in total. The molecule has 2 aromatic rings. The first-order chi connectivity index (χ1) is 15.1. The number of rotatable bonds is 4. The van der Waals surface area contributed by atoms with Crippen molar-refractivity contribution in [2.75, 3.05) is 50.2 Å². The largest absolute Gasteiger partial charge is 0.495 e. The summed E-state index contributed by atoms with van der Waals surface area (Å²) >= 11 is 0. The Kier molecular flexibility index (Phi) is 5.54. The third kappa shape index (κ3) is 3.87. The van der Waals surface area contributed by atoms with E-state index in [-0.39, 0.29) is 24.0 Å². The number of benzene rings is 2. The standard InChI is InChI=1S/C23H30N6O2/c1-27-11-13-28(14-12-27)17-9-7-16(8-10-17)22-23-18(24-25-22)15-21(30)29(26-23)19-5-3-4-6-20(19)31-2/h3-10,18,22-26H,11-15H2,1-2H3. The van der Waals surface area contributed by atoms with E-state index in [2.05, 4.69) is 57.4 Å². The van der Waals surface area contributed by atoms with Crippen LogP contribution in [-0.4, -0.2) is 63.2 Å². The van der Waals surface area contributed by atoms with Gasteiger partial charge in [0.15, 0.2) is 0 Å². The molecule has 5 rings (SSSR count). The summed E-state index contributed by atoms with van der Waals surface area (Å²) in [7, 11) is 3.80. The number of anilines is 2. The summed E-state index contributed by atoms with van der Waals surface area (Å²) in [5, 5.41) is 1.64. The van der Waals surface area contributed by atoms with Gasteiger partial charge in [0.05, 0.1) is 19.2 Å². The fourth-order valence-corrected chi connectivity index (χ4v) is 4.72. The molecule has 3 aliphatic rings. The summed E-state index contributed by atoms with van der Waals surface area (Å²) < 4.78 is 5.47. The molecule has 0 saturated carbocycles. The molecule has 8 heteroatoms. The van der Waals surface area contributed by atoms with E-state index in [1.165, 1.54) is 11.3 Å². The molecule has 0 aromatic heterocycles. The lowest BCUT2D eigenvalue weighted by Crippen LogP contribution is -2.60. The Morgan fingerprint density at radius 3 is 2.45 bits per heavy atom. The van der Waals surface area contributed by atoms with E-state index in [4.69, 9.17) is 4.74 Å². The van der Waals surface area contributed by atoms with Gasteiger partial charge in [0, 0.05) is 44.3 Å². The molecule has 3 unspecified atom stereocenters. The maximum atomic E-state index is 12.8. The number of hydrazine groups is 2. The molecule has 0 bridgehead atoms. The number of fused-ring (bicyclic) bond motifs is 1. The number of carbonyl (C=O) groups excluding carboxylic acids is 1. The zero-order chi connectivity index (χ0) is 21.4. The minimum absolute atomic E-state index is 0.0196. The lowest BCUT2D eigenvalue weighted by molar-refractivity contribution is -0.121. The van der Waals surface area contributed by atoms with Crippen molar-refractivity contribution in [2.24, 2.45) is 0 Å². The van der Waals surface area contributed by atoms with E-state index in [9.17, 15) is 4.79 Å². The molecule has 3 atom stereocenters. The topological polar surface area (TPSA) is 72.1 Å². The zero-order valence-corrected chi connectivity index (χ0v) is 18.0. The second-order valence-electron chi connectivity index (χ2n) is 8.51. The summed E-state index contributed by atoms with van der Waals surface area (Å²) in [5.41, 5.74) is 13.4. The second-order valence-corrected chi connectivity index (χ2v) is 8.51. The number of amides is 1. The first-order valence-electron chi connectivity index (χ1n) is 10.9. The van der Waals surface area contributed by atoms with Gasteiger partial charge in [-0.3, -0.25) is 10.2 Å². The lowest BCUT2D eigenvalue weighted by Gasteiger charge is -2.37. The summed E-state index contributed by atoms with van der Waals surface area (Å²) in [6.45, 7) is 4.30. The van der Waals surface area contributed by atoms with E-state index < -0.39 is 0 Å². The fraction of sp³-hybridized carbons (Fsp3) is 0.435. The third-order valence-corrected chi connectivity index (χ3v) is 6.59. The van der Waals surface area contributed by atoms with Gasteiger partial charge >= 0.3 is 0 Å². The average Bonchev–Trinajstić information content (AvgIpc) is 3.21. The fourth-order valence-electron chi connectivity index (χ4n) is 4.72. The first-order valence-corrected chi connectivity index (χ1v) is 10.9. The third-order valence-electron chi connectivity index (χ3n) is 6.59. The van der Waals surface area contributed by atoms with Crippen LogP contribution in [0.5, 0.6) is 5.75 Å². The van der Waals surface area contributed by atoms with Crippen molar-refractivity contribution < 1.29 is 9.53 Å². The molecule has 3 fully saturated rings. The van der Waals surface area contributed by atoms with Crippen LogP contribution in [0.2, 0.25) is 0 Å². The van der Waals surface area contributed by atoms with E-state index in [0.29, 0.717) is 12.2 Å². The summed E-state index contributed by atoms with van der Waals surface area (Å²) in [5.74, 6) is 0.694. The van der Waals surface area contributed by atoms with Gasteiger partial charge in [0.25, 0.3) is 0 Å². The van der Waals surface area contributed by atoms with Gasteiger partial charge in [-0.2, -0.15) is 0 Å². The molecule has 1 amide bonds. The van der Waals surface area contributed by atoms with Gasteiger partial charge in [-0.05, 0) is 36.9 Å². The Hall–Kier alpha value is -2.65. The van der Waals surface area contributed by atoms with Crippen molar-refractivity contribution in [3.8, 4) is 5.75 Å². The maximum absolute atomic E-state index is 12.8. The number of hydrogen-bond donors (Lipinski definition) is 3. The van der Waals surface area contributed by atoms with Crippen LogP contribution in [0.15, 0.2) is 48.5 Å². The highest BCUT2D eigenvalue weighted by Crippen LogP contribution is 2.33. The summed E-state index contributed by atoms with van der Waals surface area (Å²) in [6, 6.07) is 16.5. The molecular formula is C23H30N6O2. The van der Waals surface area contributed by atoms with Crippen molar-refractivity contribution in [3.05, 3.63) is 54.1 Å². The van der Waals surface area contributed by atoms with Crippen LogP contribution in [0.1, 0.15) is 18.0 Å². The number of carbonyl (C=O) groups is 1. The van der Waals surface area contributed by atoms with Gasteiger partial charge in [-0.25, -0.2) is 15.9 Å². The van der Waals surface area contributed by atoms with Crippen molar-refractivity contribution in [3.63, 3.8) is 0 Å². The molecular weight excluding hydrogens is 392 g/mol. The van der Waals surface area contributed by atoms with Crippen LogP contribution in [0.4, 0.5) is 11.4 Å². The van der Waals surface area contributed by atoms with Gasteiger partial charge in [-0.15, -0.1) is 0 Å². The number of para-hydroxylation sites is 2. The van der Waals surface area contributed by atoms with Crippen LogP contribution in [0.25, 0.3) is 0 Å². The van der Waals surface area contributed by atoms with Gasteiger partial charge in [-0.1, -0.05) is 24.3 Å². The summed E-state index contributed by atoms with van der Waals surface area (Å²) in [6.07, 6.45) is 0.415. The number of nitrogens with one attached hydrogen (secondary N) is 3. The van der Waals surface area contributed by atoms with Crippen molar-refractivity contribution >= 4 is 17.3 Å². The number of likely N-dealkylation sites (N-methyl/N-ethyl adjacent to an activating group) is 1. The van der Waals surface area contributed by atoms with E-state index in [1.807, 2.05) is 24.3 Å². The summed E-state index contributed by atoms with van der Waals surface area (Å²) in [4.78, 5) is 17.6. The van der Waals surface area contributed by atoms with Gasteiger partial charge in [0.2, 0.25) is 5.91 Å². The molecule has 2 aromatic carbocycles. The highest BCUT2D eigenvalue weighted by molar-refractivity contribution is 5.95. The molecule has 164 valence electrons. The van der Waals surface area contributed by atoms with Crippen LogP contribution in [0, 0.1) is 0 Å². The quantitative estimate of drug-likeness (QED) is 0.686. The predicted octanol–water partition coefficient (Wildman–Crippen LogP) is 1.27. The number of nitrogens with zero attached hydrogens (tertiary/aromatic N) is 3. The number of piperazine rings is 1. The SMILES string of the molecule is COc1ccccc1N1NC2C(CC1=O)NNC2c1ccc(N2CCN(C)CC2)cc1. The highest BCUT2D eigenvalue weighted by atomic mass is 16.5. The molecule has 3 N–H and O–H groups in total. The van der Waals surface area contributed by atoms with Crippen molar-refractivity contribution in [1.29, 1.82) is 0 Å².